The maximum atomic E-state index is 6.14. The van der Waals surface area contributed by atoms with E-state index in [9.17, 15) is 0 Å². The molecule has 0 aliphatic heterocycles. The lowest BCUT2D eigenvalue weighted by Gasteiger charge is -2.13. The number of aromatic nitrogens is 2. The van der Waals surface area contributed by atoms with Crippen molar-refractivity contribution in [3.63, 3.8) is 0 Å². The third-order valence-corrected chi connectivity index (χ3v) is 3.56. The summed E-state index contributed by atoms with van der Waals surface area (Å²) in [5, 5.41) is 0.502. The van der Waals surface area contributed by atoms with Gasteiger partial charge in [-0.1, -0.05) is 41.4 Å². The molecule has 0 radical (unpaired) electrons. The zero-order valence-corrected chi connectivity index (χ0v) is 13.8. The van der Waals surface area contributed by atoms with Crippen molar-refractivity contribution in [1.82, 2.24) is 9.97 Å². The van der Waals surface area contributed by atoms with E-state index >= 15 is 0 Å². The SMILES string of the molecule is Cc1c(N)nc(C(C)C)nc1Oc1ccc(Br)cc1Cl. The van der Waals surface area contributed by atoms with Gasteiger partial charge in [0.25, 0.3) is 0 Å². The maximum Gasteiger partial charge on any atom is 0.227 e. The molecule has 0 bridgehead atoms. The minimum Gasteiger partial charge on any atom is -0.437 e. The van der Waals surface area contributed by atoms with Crippen molar-refractivity contribution in [2.75, 3.05) is 5.73 Å². The summed E-state index contributed by atoms with van der Waals surface area (Å²) in [7, 11) is 0. The summed E-state index contributed by atoms with van der Waals surface area (Å²) >= 11 is 9.50. The normalized spacial score (nSPS) is 10.9. The molecular formula is C14H15BrClN3O. The maximum absolute atomic E-state index is 6.14. The Hall–Kier alpha value is -1.33. The Kier molecular flexibility index (Phi) is 4.50. The van der Waals surface area contributed by atoms with Crippen LogP contribution < -0.4 is 10.5 Å². The number of nitrogens with zero attached hydrogens (tertiary/aromatic N) is 2. The Morgan fingerprint density at radius 2 is 2.00 bits per heavy atom. The van der Waals surface area contributed by atoms with Crippen molar-refractivity contribution in [3.8, 4) is 11.6 Å². The number of hydrogen-bond acceptors (Lipinski definition) is 4. The minimum atomic E-state index is 0.167. The molecule has 0 spiro atoms. The molecule has 4 nitrogen and oxygen atoms in total. The van der Waals surface area contributed by atoms with Gasteiger partial charge < -0.3 is 10.5 Å². The fraction of sp³-hybridized carbons (Fsp3) is 0.286. The van der Waals surface area contributed by atoms with E-state index in [-0.39, 0.29) is 5.92 Å². The highest BCUT2D eigenvalue weighted by Gasteiger charge is 2.14. The highest BCUT2D eigenvalue weighted by atomic mass is 79.9. The second-order valence-electron chi connectivity index (χ2n) is 4.73. The topological polar surface area (TPSA) is 61.0 Å². The molecule has 106 valence electrons. The Morgan fingerprint density at radius 3 is 2.60 bits per heavy atom. The zero-order valence-electron chi connectivity index (χ0n) is 11.4. The van der Waals surface area contributed by atoms with Gasteiger partial charge in [-0.05, 0) is 25.1 Å². The van der Waals surface area contributed by atoms with Crippen molar-refractivity contribution < 1.29 is 4.74 Å². The average molecular weight is 357 g/mol. The van der Waals surface area contributed by atoms with Crippen LogP contribution in [0.15, 0.2) is 22.7 Å². The van der Waals surface area contributed by atoms with Crippen LogP contribution in [0.3, 0.4) is 0 Å². The Labute approximate surface area is 131 Å². The van der Waals surface area contributed by atoms with Crippen LogP contribution in [0, 0.1) is 6.92 Å². The van der Waals surface area contributed by atoms with Crippen LogP contribution in [0.25, 0.3) is 0 Å². The van der Waals surface area contributed by atoms with Crippen LogP contribution >= 0.6 is 27.5 Å². The smallest absolute Gasteiger partial charge is 0.227 e. The summed E-state index contributed by atoms with van der Waals surface area (Å²) in [6, 6.07) is 5.39. The van der Waals surface area contributed by atoms with Crippen molar-refractivity contribution in [3.05, 3.63) is 39.1 Å². The molecule has 0 atom stereocenters. The third-order valence-electron chi connectivity index (χ3n) is 2.77. The molecular weight excluding hydrogens is 342 g/mol. The highest BCUT2D eigenvalue weighted by molar-refractivity contribution is 9.10. The van der Waals surface area contributed by atoms with Crippen LogP contribution in [0.2, 0.25) is 5.02 Å². The standard InChI is InChI=1S/C14H15BrClN3O/c1-7(2)13-18-12(17)8(3)14(19-13)20-11-5-4-9(15)6-10(11)16/h4-7H,1-3H3,(H2,17,18,19). The first-order chi connectivity index (χ1) is 9.38. The number of anilines is 1. The van der Waals surface area contributed by atoms with E-state index in [1.165, 1.54) is 0 Å². The molecule has 0 saturated carbocycles. The molecule has 0 aliphatic rings. The Morgan fingerprint density at radius 1 is 1.30 bits per heavy atom. The molecule has 0 saturated heterocycles. The lowest BCUT2D eigenvalue weighted by atomic mass is 10.2. The Balaban J connectivity index is 2.42. The fourth-order valence-electron chi connectivity index (χ4n) is 1.55. The number of ether oxygens (including phenoxy) is 1. The zero-order chi connectivity index (χ0) is 14.9. The molecule has 0 unspecified atom stereocenters. The molecule has 2 rings (SSSR count). The van der Waals surface area contributed by atoms with Gasteiger partial charge in [-0.2, -0.15) is 4.98 Å². The van der Waals surface area contributed by atoms with E-state index in [1.54, 1.807) is 12.1 Å². The van der Waals surface area contributed by atoms with E-state index in [1.807, 2.05) is 26.8 Å². The second-order valence-corrected chi connectivity index (χ2v) is 6.05. The van der Waals surface area contributed by atoms with Crippen LogP contribution in [0.4, 0.5) is 5.82 Å². The van der Waals surface area contributed by atoms with Crippen molar-refractivity contribution in [2.24, 2.45) is 0 Å². The fourth-order valence-corrected chi connectivity index (χ4v) is 2.26. The monoisotopic (exact) mass is 355 g/mol. The molecule has 20 heavy (non-hydrogen) atoms. The summed E-state index contributed by atoms with van der Waals surface area (Å²) in [4.78, 5) is 8.66. The van der Waals surface area contributed by atoms with E-state index < -0.39 is 0 Å². The lowest BCUT2D eigenvalue weighted by Crippen LogP contribution is -2.06. The van der Waals surface area contributed by atoms with Gasteiger partial charge >= 0.3 is 0 Å². The molecule has 0 fully saturated rings. The average Bonchev–Trinajstić information content (AvgIpc) is 2.37. The predicted octanol–water partition coefficient (Wildman–Crippen LogP) is 4.70. The minimum absolute atomic E-state index is 0.167. The van der Waals surface area contributed by atoms with Crippen LogP contribution in [0.5, 0.6) is 11.6 Å². The van der Waals surface area contributed by atoms with Crippen molar-refractivity contribution >= 4 is 33.3 Å². The number of halogens is 2. The largest absolute Gasteiger partial charge is 0.437 e. The van der Waals surface area contributed by atoms with E-state index in [0.29, 0.717) is 33.9 Å². The van der Waals surface area contributed by atoms with Gasteiger partial charge in [0.2, 0.25) is 5.88 Å². The van der Waals surface area contributed by atoms with E-state index in [0.717, 1.165) is 4.47 Å². The third kappa shape index (κ3) is 3.22. The highest BCUT2D eigenvalue weighted by Crippen LogP contribution is 2.33. The summed E-state index contributed by atoms with van der Waals surface area (Å²) in [5.74, 6) is 2.21. The van der Waals surface area contributed by atoms with Crippen molar-refractivity contribution in [2.45, 2.75) is 26.7 Å². The number of nitrogens with two attached hydrogens (primary N) is 1. The quantitative estimate of drug-likeness (QED) is 0.866. The molecule has 0 amide bonds. The molecule has 1 heterocycles. The van der Waals surface area contributed by atoms with Gasteiger partial charge in [0.15, 0.2) is 0 Å². The molecule has 1 aromatic heterocycles. The van der Waals surface area contributed by atoms with Gasteiger partial charge in [0.05, 0.1) is 10.6 Å². The summed E-state index contributed by atoms with van der Waals surface area (Å²) in [6.45, 7) is 5.82. The van der Waals surface area contributed by atoms with Gasteiger partial charge in [0.1, 0.15) is 17.4 Å². The summed E-state index contributed by atoms with van der Waals surface area (Å²) in [6.07, 6.45) is 0. The number of nitrogen functional groups attached to an aromatic ring is 1. The van der Waals surface area contributed by atoms with Gasteiger partial charge in [-0.3, -0.25) is 0 Å². The predicted molar refractivity (Wildman–Crippen MR) is 84.5 cm³/mol. The Bertz CT molecular complexity index is 647. The van der Waals surface area contributed by atoms with E-state index in [4.69, 9.17) is 22.1 Å². The summed E-state index contributed by atoms with van der Waals surface area (Å²) < 4.78 is 6.67. The first kappa shape index (κ1) is 15.1. The second kappa shape index (κ2) is 5.97. The molecule has 2 N–H and O–H groups in total. The van der Waals surface area contributed by atoms with Gasteiger partial charge in [-0.15, -0.1) is 0 Å². The van der Waals surface area contributed by atoms with Crippen LogP contribution in [0.1, 0.15) is 31.2 Å². The number of hydrogen-bond donors (Lipinski definition) is 1. The number of benzene rings is 1. The van der Waals surface area contributed by atoms with Crippen LogP contribution in [-0.4, -0.2) is 9.97 Å². The lowest BCUT2D eigenvalue weighted by molar-refractivity contribution is 0.453. The molecule has 6 heteroatoms. The van der Waals surface area contributed by atoms with Crippen LogP contribution in [-0.2, 0) is 0 Å². The van der Waals surface area contributed by atoms with Crippen molar-refractivity contribution in [1.29, 1.82) is 0 Å². The molecule has 0 aliphatic carbocycles. The van der Waals surface area contributed by atoms with Gasteiger partial charge in [-0.25, -0.2) is 4.98 Å². The van der Waals surface area contributed by atoms with E-state index in [2.05, 4.69) is 25.9 Å². The van der Waals surface area contributed by atoms with Gasteiger partial charge in [0, 0.05) is 10.4 Å². The summed E-state index contributed by atoms with van der Waals surface area (Å²) in [5.41, 5.74) is 6.61. The first-order valence-electron chi connectivity index (χ1n) is 6.15. The first-order valence-corrected chi connectivity index (χ1v) is 7.32. The number of rotatable bonds is 3. The molecule has 2 aromatic rings. The molecule has 1 aromatic carbocycles.